The minimum absolute atomic E-state index is 0.127. The van der Waals surface area contributed by atoms with Gasteiger partial charge >= 0.3 is 0 Å². The molecule has 0 unspecified atom stereocenters. The van der Waals surface area contributed by atoms with Gasteiger partial charge in [0, 0.05) is 11.6 Å². The van der Waals surface area contributed by atoms with Crippen LogP contribution in [0.5, 0.6) is 11.5 Å². The van der Waals surface area contributed by atoms with Gasteiger partial charge in [-0.2, -0.15) is 0 Å². The van der Waals surface area contributed by atoms with E-state index in [1.165, 1.54) is 6.42 Å². The average molecular weight is 492 g/mol. The highest BCUT2D eigenvalue weighted by molar-refractivity contribution is 6.00. The Morgan fingerprint density at radius 3 is 2.56 bits per heavy atom. The van der Waals surface area contributed by atoms with E-state index in [2.05, 4.69) is 5.32 Å². The lowest BCUT2D eigenvalue weighted by atomic mass is 9.91. The van der Waals surface area contributed by atoms with E-state index >= 15 is 0 Å². The van der Waals surface area contributed by atoms with E-state index in [0.717, 1.165) is 36.9 Å². The summed E-state index contributed by atoms with van der Waals surface area (Å²) in [6, 6.07) is 13.0. The summed E-state index contributed by atoms with van der Waals surface area (Å²) < 4.78 is 18.5. The Morgan fingerprint density at radius 2 is 1.86 bits per heavy atom. The van der Waals surface area contributed by atoms with Crippen molar-refractivity contribution in [3.8, 4) is 23.0 Å². The first-order chi connectivity index (χ1) is 17.4. The number of hydrogen-bond acceptors (Lipinski definition) is 5. The predicted molar refractivity (Wildman–Crippen MR) is 135 cm³/mol. The Bertz CT molecular complexity index is 1240. The number of carbonyl (C=O) groups excluding carboxylic acids is 2. The van der Waals surface area contributed by atoms with Crippen molar-refractivity contribution in [1.82, 2.24) is 14.8 Å². The van der Waals surface area contributed by atoms with Gasteiger partial charge in [-0.15, -0.1) is 0 Å². The van der Waals surface area contributed by atoms with Gasteiger partial charge in [0.1, 0.15) is 28.5 Å². The summed E-state index contributed by atoms with van der Waals surface area (Å²) in [5, 5.41) is 3.27. The Morgan fingerprint density at radius 1 is 1.08 bits per heavy atom. The lowest BCUT2D eigenvalue weighted by molar-refractivity contribution is -0.134. The van der Waals surface area contributed by atoms with Crippen molar-refractivity contribution in [2.45, 2.75) is 63.7 Å². The molecule has 1 saturated carbocycles. The van der Waals surface area contributed by atoms with Crippen molar-refractivity contribution in [3.05, 3.63) is 60.0 Å². The van der Waals surface area contributed by atoms with Crippen LogP contribution in [0.2, 0.25) is 0 Å². The van der Waals surface area contributed by atoms with E-state index in [9.17, 15) is 9.59 Å². The largest absolute Gasteiger partial charge is 0.497 e. The van der Waals surface area contributed by atoms with E-state index in [4.69, 9.17) is 13.9 Å². The second kappa shape index (κ2) is 9.76. The molecule has 2 amide bonds. The number of aromatic nitrogens is 1. The second-order valence-corrected chi connectivity index (χ2v) is 9.82. The molecule has 1 N–H and O–H groups in total. The zero-order valence-corrected chi connectivity index (χ0v) is 21.1. The molecule has 2 aliphatic rings. The van der Waals surface area contributed by atoms with E-state index < -0.39 is 5.54 Å². The summed E-state index contributed by atoms with van der Waals surface area (Å²) in [4.78, 5) is 29.6. The van der Waals surface area contributed by atoms with Crippen LogP contribution < -0.4 is 14.8 Å². The topological polar surface area (TPSA) is 85.9 Å². The van der Waals surface area contributed by atoms with Gasteiger partial charge in [-0.05, 0) is 62.2 Å². The molecular formula is C28H33N3O5. The molecule has 1 atom stereocenters. The molecule has 3 aromatic rings. The third-order valence-corrected chi connectivity index (χ3v) is 7.53. The molecule has 36 heavy (non-hydrogen) atoms. The number of ether oxygens (including phenoxy) is 2. The molecule has 0 spiro atoms. The first kappa shape index (κ1) is 24.0. The molecule has 8 heteroatoms. The van der Waals surface area contributed by atoms with Gasteiger partial charge in [0.25, 0.3) is 5.91 Å². The van der Waals surface area contributed by atoms with E-state index in [1.54, 1.807) is 31.4 Å². The number of furan rings is 1. The molecule has 0 radical (unpaired) electrons. The maximum absolute atomic E-state index is 14.0. The molecule has 3 heterocycles. The predicted octanol–water partition coefficient (Wildman–Crippen LogP) is 4.63. The van der Waals surface area contributed by atoms with Crippen LogP contribution >= 0.6 is 0 Å². The Kier molecular flexibility index (Phi) is 6.51. The quantitative estimate of drug-likeness (QED) is 0.521. The Labute approximate surface area is 211 Å². The van der Waals surface area contributed by atoms with E-state index in [1.807, 2.05) is 47.9 Å². The number of carbonyl (C=O) groups is 2. The summed E-state index contributed by atoms with van der Waals surface area (Å²) in [7, 11) is 3.20. The highest BCUT2D eigenvalue weighted by atomic mass is 16.5. The summed E-state index contributed by atoms with van der Waals surface area (Å²) in [5.41, 5.74) is 0.939. The summed E-state index contributed by atoms with van der Waals surface area (Å²) in [6.45, 7) is 2.36. The number of nitrogens with one attached hydrogen (secondary N) is 1. The smallest absolute Gasteiger partial charge is 0.271 e. The summed E-state index contributed by atoms with van der Waals surface area (Å²) in [6.07, 6.45) is 6.95. The molecule has 190 valence electrons. The zero-order chi connectivity index (χ0) is 25.3. The zero-order valence-electron chi connectivity index (χ0n) is 21.1. The number of benzene rings is 1. The molecule has 8 nitrogen and oxygen atoms in total. The summed E-state index contributed by atoms with van der Waals surface area (Å²) in [5.74, 6) is 1.59. The molecule has 1 aromatic carbocycles. The van der Waals surface area contributed by atoms with Gasteiger partial charge in [-0.1, -0.05) is 19.3 Å². The van der Waals surface area contributed by atoms with Gasteiger partial charge < -0.3 is 28.7 Å². The van der Waals surface area contributed by atoms with Crippen molar-refractivity contribution in [3.63, 3.8) is 0 Å². The Balaban J connectivity index is 1.55. The minimum atomic E-state index is -1.13. The van der Waals surface area contributed by atoms with Crippen molar-refractivity contribution in [2.75, 3.05) is 14.2 Å². The highest BCUT2D eigenvalue weighted by Gasteiger charge is 2.48. The lowest BCUT2D eigenvalue weighted by Gasteiger charge is -2.45. The van der Waals surface area contributed by atoms with Gasteiger partial charge in [-0.25, -0.2) is 0 Å². The number of amides is 2. The maximum Gasteiger partial charge on any atom is 0.271 e. The number of rotatable bonds is 7. The second-order valence-electron chi connectivity index (χ2n) is 9.82. The molecule has 0 bridgehead atoms. The third-order valence-electron chi connectivity index (χ3n) is 7.53. The normalized spacial score (nSPS) is 20.2. The van der Waals surface area contributed by atoms with Crippen LogP contribution in [0.3, 0.4) is 0 Å². The maximum atomic E-state index is 14.0. The molecule has 1 aliphatic heterocycles. The lowest BCUT2D eigenvalue weighted by Crippen LogP contribution is -2.64. The van der Waals surface area contributed by atoms with Crippen LogP contribution in [0.4, 0.5) is 0 Å². The highest BCUT2D eigenvalue weighted by Crippen LogP contribution is 2.36. The van der Waals surface area contributed by atoms with Gasteiger partial charge in [0.15, 0.2) is 0 Å². The van der Waals surface area contributed by atoms with Crippen LogP contribution in [0.1, 0.15) is 55.1 Å². The molecule has 2 aromatic heterocycles. The van der Waals surface area contributed by atoms with Crippen molar-refractivity contribution in [1.29, 1.82) is 0 Å². The first-order valence-corrected chi connectivity index (χ1v) is 12.5. The van der Waals surface area contributed by atoms with Crippen LogP contribution in [0, 0.1) is 0 Å². The average Bonchev–Trinajstić information content (AvgIpc) is 3.57. The monoisotopic (exact) mass is 491 g/mol. The molecular weight excluding hydrogens is 458 g/mol. The molecule has 1 aliphatic carbocycles. The fraction of sp³-hybridized carbons (Fsp3) is 0.429. The Hall–Kier alpha value is -3.68. The minimum Gasteiger partial charge on any atom is -0.497 e. The van der Waals surface area contributed by atoms with Gasteiger partial charge in [0.05, 0.1) is 39.3 Å². The fourth-order valence-electron chi connectivity index (χ4n) is 5.42. The van der Waals surface area contributed by atoms with Gasteiger partial charge in [0.2, 0.25) is 5.91 Å². The number of nitrogens with zero attached hydrogens (tertiary/aromatic N) is 2. The summed E-state index contributed by atoms with van der Waals surface area (Å²) >= 11 is 0. The van der Waals surface area contributed by atoms with Crippen LogP contribution in [-0.4, -0.2) is 47.1 Å². The van der Waals surface area contributed by atoms with Gasteiger partial charge in [-0.3, -0.25) is 9.59 Å². The standard InChI is InChI=1S/C28H33N3O5/c1-28(27(33)29-20-8-5-4-6-9-20)18-30-22(25-10-7-15-36-25)12-13-23(30)26(32)31(28)17-19-16-21(34-2)11-14-24(19)35-3/h7,10-16,20H,4-6,8-9,17-18H2,1-3H3,(H,29,33)/t28-/m1/s1. The van der Waals surface area contributed by atoms with Crippen molar-refractivity contribution in [2.24, 2.45) is 0 Å². The van der Waals surface area contributed by atoms with Crippen LogP contribution in [0.25, 0.3) is 11.5 Å². The van der Waals surface area contributed by atoms with E-state index in [0.29, 0.717) is 29.5 Å². The SMILES string of the molecule is COc1ccc(OC)c(CN2C(=O)c3ccc(-c4ccco4)n3C[C@]2(C)C(=O)NC2CCCCC2)c1. The van der Waals surface area contributed by atoms with Crippen molar-refractivity contribution < 1.29 is 23.5 Å². The van der Waals surface area contributed by atoms with Crippen LogP contribution in [-0.2, 0) is 17.9 Å². The molecule has 5 rings (SSSR count). The van der Waals surface area contributed by atoms with Crippen LogP contribution in [0.15, 0.2) is 53.1 Å². The number of hydrogen-bond donors (Lipinski definition) is 1. The van der Waals surface area contributed by atoms with E-state index in [-0.39, 0.29) is 24.4 Å². The van der Waals surface area contributed by atoms with Crippen molar-refractivity contribution >= 4 is 11.8 Å². The number of methoxy groups -OCH3 is 2. The fourth-order valence-corrected chi connectivity index (χ4v) is 5.42. The molecule has 0 saturated heterocycles. The number of fused-ring (bicyclic) bond motifs is 1. The third kappa shape index (κ3) is 4.25. The molecule has 1 fully saturated rings. The first-order valence-electron chi connectivity index (χ1n) is 12.5.